The predicted molar refractivity (Wildman–Crippen MR) is 97.9 cm³/mol. The maximum absolute atomic E-state index is 14.5. The number of carbonyl (C=O) groups is 3. The zero-order valence-corrected chi connectivity index (χ0v) is 14.9. The molecule has 1 N–H and O–H groups in total. The van der Waals surface area contributed by atoms with Crippen molar-refractivity contribution in [2.75, 3.05) is 10.2 Å². The minimum Gasteiger partial charge on any atom is -0.448 e. The Hall–Kier alpha value is -3.81. The molecule has 3 aromatic rings. The number of nitrogens with one attached hydrogen (secondary N) is 1. The maximum atomic E-state index is 14.5. The van der Waals surface area contributed by atoms with Crippen molar-refractivity contribution >= 4 is 29.1 Å². The predicted octanol–water partition coefficient (Wildman–Crippen LogP) is 3.48. The summed E-state index contributed by atoms with van der Waals surface area (Å²) < 4.78 is 19.5. The van der Waals surface area contributed by atoms with E-state index in [1.165, 1.54) is 12.1 Å². The van der Waals surface area contributed by atoms with Gasteiger partial charge in [0.2, 0.25) is 0 Å². The van der Waals surface area contributed by atoms with Crippen LogP contribution in [0.25, 0.3) is 0 Å². The molecule has 1 aromatic heterocycles. The summed E-state index contributed by atoms with van der Waals surface area (Å²) in [6.07, 6.45) is 1.12. The standard InChI is InChI=1S/C20H14FN3O4/c1-10-3-5-13-14(7-10)20(27)24(19(13)26)12-4-6-16(15(21)8-12)23-18(25)17-11(2)28-9-22-17/h3-9H,1-2H3,(H,23,25). The fourth-order valence-electron chi connectivity index (χ4n) is 3.04. The fraction of sp³-hybridized carbons (Fsp3) is 0.100. The Morgan fingerprint density at radius 1 is 1.07 bits per heavy atom. The highest BCUT2D eigenvalue weighted by atomic mass is 19.1. The molecule has 0 unspecified atom stereocenters. The fourth-order valence-corrected chi connectivity index (χ4v) is 3.04. The molecule has 0 bridgehead atoms. The highest BCUT2D eigenvalue weighted by Crippen LogP contribution is 2.31. The lowest BCUT2D eigenvalue weighted by molar-refractivity contribution is 0.0924. The quantitative estimate of drug-likeness (QED) is 0.704. The lowest BCUT2D eigenvalue weighted by Gasteiger charge is -2.15. The first-order valence-corrected chi connectivity index (χ1v) is 8.37. The van der Waals surface area contributed by atoms with Gasteiger partial charge in [-0.25, -0.2) is 14.3 Å². The molecular weight excluding hydrogens is 365 g/mol. The van der Waals surface area contributed by atoms with Gasteiger partial charge >= 0.3 is 0 Å². The first kappa shape index (κ1) is 17.6. The molecule has 28 heavy (non-hydrogen) atoms. The number of fused-ring (bicyclic) bond motifs is 1. The molecule has 2 aromatic carbocycles. The van der Waals surface area contributed by atoms with Crippen LogP contribution in [0.4, 0.5) is 15.8 Å². The number of carbonyl (C=O) groups excluding carboxylic acids is 3. The number of oxazole rings is 1. The molecular formula is C20H14FN3O4. The average molecular weight is 379 g/mol. The topological polar surface area (TPSA) is 92.5 Å². The van der Waals surface area contributed by atoms with Gasteiger partial charge in [0.1, 0.15) is 11.6 Å². The van der Waals surface area contributed by atoms with Gasteiger partial charge in [-0.2, -0.15) is 0 Å². The summed E-state index contributed by atoms with van der Waals surface area (Å²) in [5.74, 6) is -2.16. The van der Waals surface area contributed by atoms with Crippen molar-refractivity contribution in [1.29, 1.82) is 0 Å². The van der Waals surface area contributed by atoms with E-state index in [1.807, 2.05) is 6.92 Å². The molecule has 140 valence electrons. The molecule has 8 heteroatoms. The van der Waals surface area contributed by atoms with Gasteiger partial charge in [-0.05, 0) is 38.1 Å². The number of aryl methyl sites for hydroxylation is 2. The second kappa shape index (κ2) is 6.41. The molecule has 0 aliphatic carbocycles. The van der Waals surface area contributed by atoms with Gasteiger partial charge in [0, 0.05) is 6.07 Å². The van der Waals surface area contributed by atoms with Crippen LogP contribution in [0.1, 0.15) is 42.5 Å². The van der Waals surface area contributed by atoms with Crippen molar-refractivity contribution in [3.63, 3.8) is 0 Å². The van der Waals surface area contributed by atoms with E-state index in [1.54, 1.807) is 25.1 Å². The molecule has 2 heterocycles. The van der Waals surface area contributed by atoms with Crippen molar-refractivity contribution in [3.8, 4) is 0 Å². The van der Waals surface area contributed by atoms with Crippen LogP contribution < -0.4 is 10.2 Å². The largest absolute Gasteiger partial charge is 0.448 e. The molecule has 0 atom stereocenters. The highest BCUT2D eigenvalue weighted by molar-refractivity contribution is 6.34. The average Bonchev–Trinajstić information content (AvgIpc) is 3.19. The summed E-state index contributed by atoms with van der Waals surface area (Å²) in [5.41, 5.74) is 1.41. The maximum Gasteiger partial charge on any atom is 0.277 e. The summed E-state index contributed by atoms with van der Waals surface area (Å²) in [6.45, 7) is 3.37. The lowest BCUT2D eigenvalue weighted by atomic mass is 10.1. The van der Waals surface area contributed by atoms with Gasteiger partial charge in [-0.15, -0.1) is 0 Å². The van der Waals surface area contributed by atoms with Crippen LogP contribution in [0.5, 0.6) is 0 Å². The molecule has 0 radical (unpaired) electrons. The number of rotatable bonds is 3. The monoisotopic (exact) mass is 379 g/mol. The van der Waals surface area contributed by atoms with Gasteiger partial charge < -0.3 is 9.73 Å². The van der Waals surface area contributed by atoms with Gasteiger partial charge in [0.25, 0.3) is 17.7 Å². The third-order valence-electron chi connectivity index (χ3n) is 4.46. The van der Waals surface area contributed by atoms with E-state index in [2.05, 4.69) is 10.3 Å². The molecule has 3 amide bonds. The number of nitrogens with zero attached hydrogens (tertiary/aromatic N) is 2. The molecule has 4 rings (SSSR count). The minimum atomic E-state index is -0.792. The number of hydrogen-bond acceptors (Lipinski definition) is 5. The first-order valence-electron chi connectivity index (χ1n) is 8.37. The number of hydrogen-bond donors (Lipinski definition) is 1. The normalized spacial score (nSPS) is 13.0. The second-order valence-corrected chi connectivity index (χ2v) is 6.37. The van der Waals surface area contributed by atoms with Crippen LogP contribution >= 0.6 is 0 Å². The Morgan fingerprint density at radius 3 is 2.50 bits per heavy atom. The molecule has 0 fully saturated rings. The van der Waals surface area contributed by atoms with Crippen molar-refractivity contribution in [3.05, 3.63) is 76.8 Å². The smallest absolute Gasteiger partial charge is 0.277 e. The van der Waals surface area contributed by atoms with E-state index in [-0.39, 0.29) is 28.2 Å². The van der Waals surface area contributed by atoms with Crippen LogP contribution in [0, 0.1) is 19.7 Å². The summed E-state index contributed by atoms with van der Waals surface area (Å²) in [5, 5.41) is 2.39. The van der Waals surface area contributed by atoms with E-state index in [4.69, 9.17) is 4.42 Å². The number of amides is 3. The molecule has 1 aliphatic rings. The van der Waals surface area contributed by atoms with Crippen LogP contribution in [0.2, 0.25) is 0 Å². The van der Waals surface area contributed by atoms with Crippen LogP contribution in [0.3, 0.4) is 0 Å². The highest BCUT2D eigenvalue weighted by Gasteiger charge is 2.36. The van der Waals surface area contributed by atoms with Crippen molar-refractivity contribution < 1.29 is 23.2 Å². The molecule has 7 nitrogen and oxygen atoms in total. The van der Waals surface area contributed by atoms with Gasteiger partial charge in [-0.1, -0.05) is 11.6 Å². The zero-order chi connectivity index (χ0) is 20.0. The Labute approximate surface area is 158 Å². The number of halogens is 1. The van der Waals surface area contributed by atoms with E-state index in [0.717, 1.165) is 22.9 Å². The Balaban J connectivity index is 1.62. The van der Waals surface area contributed by atoms with Crippen LogP contribution in [-0.4, -0.2) is 22.7 Å². The number of benzene rings is 2. The first-order chi connectivity index (χ1) is 13.4. The van der Waals surface area contributed by atoms with Gasteiger partial charge in [-0.3, -0.25) is 14.4 Å². The van der Waals surface area contributed by atoms with E-state index in [0.29, 0.717) is 5.76 Å². The van der Waals surface area contributed by atoms with Crippen LogP contribution in [-0.2, 0) is 0 Å². The lowest BCUT2D eigenvalue weighted by Crippen LogP contribution is -2.29. The van der Waals surface area contributed by atoms with Crippen molar-refractivity contribution in [2.24, 2.45) is 0 Å². The molecule has 0 saturated heterocycles. The third kappa shape index (κ3) is 2.75. The van der Waals surface area contributed by atoms with E-state index >= 15 is 0 Å². The van der Waals surface area contributed by atoms with Crippen LogP contribution in [0.15, 0.2) is 47.2 Å². The summed E-state index contributed by atoms with van der Waals surface area (Å²) in [7, 11) is 0. The Morgan fingerprint density at radius 2 is 1.82 bits per heavy atom. The number of imide groups is 1. The van der Waals surface area contributed by atoms with Gasteiger partial charge in [0.15, 0.2) is 12.1 Å². The van der Waals surface area contributed by atoms with Crippen molar-refractivity contribution in [1.82, 2.24) is 4.98 Å². The molecule has 0 spiro atoms. The van der Waals surface area contributed by atoms with Gasteiger partial charge in [0.05, 0.1) is 22.5 Å². The zero-order valence-electron chi connectivity index (χ0n) is 14.9. The minimum absolute atomic E-state index is 0.0409. The Bertz CT molecular complexity index is 1150. The number of anilines is 2. The van der Waals surface area contributed by atoms with E-state index < -0.39 is 23.5 Å². The third-order valence-corrected chi connectivity index (χ3v) is 4.46. The summed E-state index contributed by atoms with van der Waals surface area (Å²) >= 11 is 0. The van der Waals surface area contributed by atoms with Crippen molar-refractivity contribution in [2.45, 2.75) is 13.8 Å². The Kier molecular flexibility index (Phi) is 4.03. The molecule has 1 aliphatic heterocycles. The molecule has 0 saturated carbocycles. The summed E-state index contributed by atoms with van der Waals surface area (Å²) in [4.78, 5) is 42.0. The summed E-state index contributed by atoms with van der Waals surface area (Å²) in [6, 6.07) is 8.64. The second-order valence-electron chi connectivity index (χ2n) is 6.37. The van der Waals surface area contributed by atoms with E-state index in [9.17, 15) is 18.8 Å². The number of aromatic nitrogens is 1. The SMILES string of the molecule is Cc1ccc2c(c1)C(=O)N(c1ccc(NC(=O)c3ncoc3C)c(F)c1)C2=O.